The molecule has 6 aliphatic rings. The summed E-state index contributed by atoms with van der Waals surface area (Å²) in [5, 5.41) is 14.3. The van der Waals surface area contributed by atoms with Gasteiger partial charge in [-0.25, -0.2) is 4.79 Å². The van der Waals surface area contributed by atoms with Gasteiger partial charge < -0.3 is 9.94 Å². The molecule has 1 saturated carbocycles. The van der Waals surface area contributed by atoms with Gasteiger partial charge in [-0.1, -0.05) is 29.8 Å². The summed E-state index contributed by atoms with van der Waals surface area (Å²) in [6.07, 6.45) is 4.54. The van der Waals surface area contributed by atoms with Crippen LogP contribution in [0.4, 0.5) is 5.69 Å². The van der Waals surface area contributed by atoms with Gasteiger partial charge in [0, 0.05) is 30.1 Å². The third-order valence-electron chi connectivity index (χ3n) is 8.53. The Morgan fingerprint density at radius 3 is 3.04 bits per heavy atom. The molecule has 1 aromatic rings. The Morgan fingerprint density at radius 1 is 1.30 bits per heavy atom. The van der Waals surface area contributed by atoms with Gasteiger partial charge in [-0.15, -0.1) is 12.4 Å². The Labute approximate surface area is 164 Å². The van der Waals surface area contributed by atoms with Crippen LogP contribution in [0, 0.1) is 17.0 Å². The zero-order valence-electron chi connectivity index (χ0n) is 15.0. The molecular weight excluding hydrogens is 364 g/mol. The molecule has 1 spiro atoms. The third kappa shape index (κ3) is 1.59. The fourth-order valence-corrected chi connectivity index (χ4v) is 7.79. The molecule has 5 nitrogen and oxygen atoms in total. The predicted molar refractivity (Wildman–Crippen MR) is 103 cm³/mol. The molecule has 1 amide bonds. The Hall–Kier alpha value is -1.24. The molecular formula is C21H23ClN2O3. The monoisotopic (exact) mass is 386 g/mol. The fourth-order valence-electron chi connectivity index (χ4n) is 7.79. The van der Waals surface area contributed by atoms with Gasteiger partial charge in [0.25, 0.3) is 0 Å². The van der Waals surface area contributed by atoms with Crippen LogP contribution in [0.25, 0.3) is 0 Å². The van der Waals surface area contributed by atoms with Crippen molar-refractivity contribution < 1.29 is 9.53 Å². The van der Waals surface area contributed by atoms with Gasteiger partial charge >= 0.3 is 5.91 Å². The molecule has 3 unspecified atom stereocenters. The second-order valence-corrected chi connectivity index (χ2v) is 9.06. The van der Waals surface area contributed by atoms with Gasteiger partial charge in [-0.3, -0.25) is 9.55 Å². The summed E-state index contributed by atoms with van der Waals surface area (Å²) in [5.74, 6) is 0.388. The highest BCUT2D eigenvalue weighted by molar-refractivity contribution is 5.95. The second-order valence-electron chi connectivity index (χ2n) is 9.06. The van der Waals surface area contributed by atoms with Crippen molar-refractivity contribution in [3.63, 3.8) is 0 Å². The molecule has 1 aliphatic carbocycles. The normalized spacial score (nSPS) is 48.4. The highest BCUT2D eigenvalue weighted by atomic mass is 35.5. The molecule has 27 heavy (non-hydrogen) atoms. The van der Waals surface area contributed by atoms with Crippen molar-refractivity contribution in [2.75, 3.05) is 19.7 Å². The number of carbonyl (C=O) groups is 1. The van der Waals surface area contributed by atoms with E-state index in [-0.39, 0.29) is 48.2 Å². The predicted octanol–water partition coefficient (Wildman–Crippen LogP) is 2.51. The number of fused-ring (bicyclic) bond motifs is 2. The topological polar surface area (TPSA) is 52.6 Å². The van der Waals surface area contributed by atoms with Gasteiger partial charge in [0.15, 0.2) is 0 Å². The van der Waals surface area contributed by atoms with Crippen LogP contribution in [0.3, 0.4) is 0 Å². The minimum Gasteiger partial charge on any atom is -0.619 e. The number of halogens is 1. The number of hydroxylamine groups is 2. The lowest BCUT2D eigenvalue weighted by atomic mass is 9.53. The number of para-hydroxylation sites is 1. The average Bonchev–Trinajstić information content (AvgIpc) is 3.08. The minimum absolute atomic E-state index is 0. The molecule has 7 atom stereocenters. The molecule has 3 saturated heterocycles. The van der Waals surface area contributed by atoms with E-state index in [0.717, 1.165) is 37.2 Å². The van der Waals surface area contributed by atoms with Crippen molar-refractivity contribution in [1.29, 1.82) is 0 Å². The molecule has 5 aliphatic heterocycles. The standard InChI is InChI=1S/C21H22N2O3.ClH/c24-18-10-16-19-13-9-17-21(6-7-22(17)11-12(13)5-8-26-16)14-3-1-2-4-15(14)23(18,25)20(19)21;/h1-5,13,16-17,19-20H,6-11H2;1H/t13-,16?,17-,19-,20?,21+,23?;/m0./s1. The van der Waals surface area contributed by atoms with E-state index in [4.69, 9.17) is 4.74 Å². The van der Waals surface area contributed by atoms with E-state index in [1.165, 1.54) is 5.57 Å². The smallest absolute Gasteiger partial charge is 0.321 e. The van der Waals surface area contributed by atoms with Crippen LogP contribution in [-0.4, -0.2) is 48.7 Å². The molecule has 7 rings (SSSR count). The first-order chi connectivity index (χ1) is 12.7. The Kier molecular flexibility index (Phi) is 3.10. The number of quaternary nitrogens is 1. The van der Waals surface area contributed by atoms with Crippen LogP contribution in [0.1, 0.15) is 24.8 Å². The number of nitrogens with zero attached hydrogens (tertiary/aromatic N) is 2. The summed E-state index contributed by atoms with van der Waals surface area (Å²) in [6.45, 7) is 2.64. The molecule has 0 N–H and O–H groups in total. The van der Waals surface area contributed by atoms with Crippen molar-refractivity contribution in [3.05, 3.63) is 46.7 Å². The largest absolute Gasteiger partial charge is 0.619 e. The quantitative estimate of drug-likeness (QED) is 0.390. The van der Waals surface area contributed by atoms with Crippen LogP contribution in [0.5, 0.6) is 0 Å². The summed E-state index contributed by atoms with van der Waals surface area (Å²) in [7, 11) is 0. The first-order valence-corrected chi connectivity index (χ1v) is 9.93. The minimum atomic E-state index is -0.727. The van der Waals surface area contributed by atoms with Crippen LogP contribution >= 0.6 is 12.4 Å². The van der Waals surface area contributed by atoms with E-state index in [2.05, 4.69) is 17.0 Å². The SMILES string of the molecule is Cl.O=C1CC2OCC=C3CN4CC[C@]56c7ccccc7[N+]1([O-])C5[C@H]2[C@H]3C[C@H]46. The van der Waals surface area contributed by atoms with Crippen LogP contribution in [0.15, 0.2) is 35.9 Å². The summed E-state index contributed by atoms with van der Waals surface area (Å²) in [6, 6.07) is 8.23. The summed E-state index contributed by atoms with van der Waals surface area (Å²) >= 11 is 0. The highest BCUT2D eigenvalue weighted by Gasteiger charge is 2.76. The lowest BCUT2D eigenvalue weighted by Crippen LogP contribution is -2.74. The Balaban J connectivity index is 0.00000146. The van der Waals surface area contributed by atoms with Crippen molar-refractivity contribution >= 4 is 24.0 Å². The van der Waals surface area contributed by atoms with E-state index < -0.39 is 4.65 Å². The van der Waals surface area contributed by atoms with Crippen LogP contribution in [-0.2, 0) is 14.9 Å². The van der Waals surface area contributed by atoms with E-state index in [1.54, 1.807) is 0 Å². The van der Waals surface area contributed by atoms with E-state index in [1.807, 2.05) is 18.2 Å². The van der Waals surface area contributed by atoms with Crippen molar-refractivity contribution in [2.45, 2.75) is 42.9 Å². The van der Waals surface area contributed by atoms with Gasteiger partial charge in [0.05, 0.1) is 24.5 Å². The lowest BCUT2D eigenvalue weighted by molar-refractivity contribution is -0.153. The van der Waals surface area contributed by atoms with Crippen molar-refractivity contribution in [1.82, 2.24) is 9.55 Å². The molecule has 6 heteroatoms. The Bertz CT molecular complexity index is 903. The number of rotatable bonds is 0. The molecule has 5 heterocycles. The molecule has 2 bridgehead atoms. The first-order valence-electron chi connectivity index (χ1n) is 9.93. The highest BCUT2D eigenvalue weighted by Crippen LogP contribution is 2.67. The van der Waals surface area contributed by atoms with Crippen LogP contribution in [0.2, 0.25) is 0 Å². The number of piperidine rings is 2. The molecule has 4 fully saturated rings. The molecule has 0 radical (unpaired) electrons. The van der Waals surface area contributed by atoms with Crippen molar-refractivity contribution in [2.24, 2.45) is 11.8 Å². The number of hydrogen-bond donors (Lipinski definition) is 0. The zero-order valence-corrected chi connectivity index (χ0v) is 15.9. The molecule has 0 aromatic heterocycles. The maximum atomic E-state index is 14.3. The summed E-state index contributed by atoms with van der Waals surface area (Å²) in [4.78, 5) is 15.8. The third-order valence-corrected chi connectivity index (χ3v) is 8.53. The fraction of sp³-hybridized carbons (Fsp3) is 0.571. The number of amides is 1. The number of carbonyl (C=O) groups excluding carboxylic acids is 1. The van der Waals surface area contributed by atoms with Crippen molar-refractivity contribution in [3.8, 4) is 0 Å². The lowest BCUT2D eigenvalue weighted by Gasteiger charge is -2.61. The van der Waals surface area contributed by atoms with Crippen LogP contribution < -0.4 is 4.65 Å². The maximum absolute atomic E-state index is 14.3. The first kappa shape index (κ1) is 16.7. The maximum Gasteiger partial charge on any atom is 0.321 e. The molecule has 142 valence electrons. The zero-order chi connectivity index (χ0) is 17.3. The van der Waals surface area contributed by atoms with E-state index >= 15 is 0 Å². The Morgan fingerprint density at radius 2 is 2.15 bits per heavy atom. The molecule has 1 aromatic carbocycles. The van der Waals surface area contributed by atoms with Gasteiger partial charge in [-0.2, -0.15) is 0 Å². The average molecular weight is 387 g/mol. The second kappa shape index (κ2) is 5.02. The number of ether oxygens (including phenoxy) is 1. The summed E-state index contributed by atoms with van der Waals surface area (Å²) in [5.41, 5.74) is 3.18. The summed E-state index contributed by atoms with van der Waals surface area (Å²) < 4.78 is 5.44. The van der Waals surface area contributed by atoms with Gasteiger partial charge in [0.2, 0.25) is 0 Å². The van der Waals surface area contributed by atoms with E-state index in [0.29, 0.717) is 18.6 Å². The van der Waals surface area contributed by atoms with E-state index in [9.17, 15) is 10.0 Å². The van der Waals surface area contributed by atoms with Gasteiger partial charge in [-0.05, 0) is 25.3 Å². The number of benzene rings is 1. The number of hydrogen-bond acceptors (Lipinski definition) is 4. The van der Waals surface area contributed by atoms with Gasteiger partial charge in [0.1, 0.15) is 11.7 Å².